The average Bonchev–Trinajstić information content (AvgIpc) is 2.60. The van der Waals surface area contributed by atoms with Crippen LogP contribution in [0.3, 0.4) is 0 Å². The lowest BCUT2D eigenvalue weighted by molar-refractivity contribution is -0.274. The van der Waals surface area contributed by atoms with Gasteiger partial charge in [0.05, 0.1) is 12.6 Å². The zero-order valence-electron chi connectivity index (χ0n) is 14.2. The summed E-state index contributed by atoms with van der Waals surface area (Å²) in [4.78, 5) is 1.31. The highest BCUT2D eigenvalue weighted by Crippen LogP contribution is 2.38. The maximum atomic E-state index is 12.9. The van der Waals surface area contributed by atoms with Crippen molar-refractivity contribution in [1.82, 2.24) is 0 Å². The Balaban J connectivity index is 1.98. The van der Waals surface area contributed by atoms with E-state index in [0.29, 0.717) is 16.8 Å². The fourth-order valence-corrected chi connectivity index (χ4v) is 3.03. The van der Waals surface area contributed by atoms with E-state index >= 15 is 0 Å². The minimum Gasteiger partial charge on any atom is -0.406 e. The number of hydrogen-bond donors (Lipinski definition) is 1. The molecule has 0 radical (unpaired) electrons. The van der Waals surface area contributed by atoms with E-state index in [-0.39, 0.29) is 0 Å². The summed E-state index contributed by atoms with van der Waals surface area (Å²) in [6.45, 7) is -0.778. The predicted octanol–water partition coefficient (Wildman–Crippen LogP) is 5.08. The smallest absolute Gasteiger partial charge is 0.406 e. The number of aliphatic hydroxyl groups excluding tert-OH is 1. The Morgan fingerprint density at radius 2 is 1.71 bits per heavy atom. The molecule has 150 valence electrons. The molecule has 2 atom stereocenters. The molecule has 1 N–H and O–H groups in total. The van der Waals surface area contributed by atoms with Crippen molar-refractivity contribution in [3.05, 3.63) is 65.7 Å². The number of aliphatic hydroxyl groups is 1. The number of hydrogen-bond acceptors (Lipinski definition) is 3. The van der Waals surface area contributed by atoms with Crippen molar-refractivity contribution in [3.8, 4) is 5.75 Å². The van der Waals surface area contributed by atoms with Crippen LogP contribution >= 0.6 is 0 Å². The Labute approximate surface area is 156 Å². The van der Waals surface area contributed by atoms with Crippen molar-refractivity contribution >= 4 is 11.8 Å². The predicted molar refractivity (Wildman–Crippen MR) is 90.7 cm³/mol. The van der Waals surface area contributed by atoms with Gasteiger partial charge in [0.25, 0.3) is 0 Å². The Hall–Kier alpha value is -2.68. The molecule has 1 heterocycles. The van der Waals surface area contributed by atoms with Gasteiger partial charge in [-0.25, -0.2) is 0 Å². The van der Waals surface area contributed by atoms with Crippen LogP contribution in [0, 0.1) is 0 Å². The molecule has 1 aliphatic rings. The van der Waals surface area contributed by atoms with Crippen molar-refractivity contribution in [3.63, 3.8) is 0 Å². The van der Waals surface area contributed by atoms with Gasteiger partial charge >= 0.3 is 12.5 Å². The molecule has 0 aliphatic carbocycles. The third-order valence-corrected chi connectivity index (χ3v) is 4.22. The van der Waals surface area contributed by atoms with Gasteiger partial charge in [-0.2, -0.15) is 13.2 Å². The second-order valence-corrected chi connectivity index (χ2v) is 6.19. The van der Waals surface area contributed by atoms with E-state index < -0.39 is 37.0 Å². The molecule has 9 heteroatoms. The molecular weight excluding hydrogens is 388 g/mol. The number of nitrogens with zero attached hydrogens (tertiary/aromatic N) is 1. The molecule has 0 fully saturated rings. The number of para-hydroxylation sites is 1. The highest BCUT2D eigenvalue weighted by Gasteiger charge is 2.41. The Morgan fingerprint density at radius 1 is 1.00 bits per heavy atom. The topological polar surface area (TPSA) is 32.7 Å². The van der Waals surface area contributed by atoms with Crippen LogP contribution in [-0.2, 0) is 0 Å². The first kappa shape index (κ1) is 20.1. The van der Waals surface area contributed by atoms with E-state index in [0.717, 1.165) is 12.1 Å². The first-order chi connectivity index (χ1) is 13.0. The van der Waals surface area contributed by atoms with Crippen LogP contribution in [0.4, 0.5) is 32.0 Å². The molecule has 2 unspecified atom stereocenters. The summed E-state index contributed by atoms with van der Waals surface area (Å²) in [7, 11) is 0. The van der Waals surface area contributed by atoms with Crippen LogP contribution in [0.1, 0.15) is 17.2 Å². The molecule has 0 saturated carbocycles. The largest absolute Gasteiger partial charge is 0.573 e. The molecule has 0 aromatic heterocycles. The zero-order valence-corrected chi connectivity index (χ0v) is 14.2. The Bertz CT molecular complexity index is 862. The van der Waals surface area contributed by atoms with E-state index in [4.69, 9.17) is 0 Å². The number of ether oxygens (including phenoxy) is 1. The molecule has 3 rings (SSSR count). The number of benzene rings is 2. The number of β-amino-alcohol motifs (C(OH)–C–C–N with tert-alkyl or cyclic N) is 1. The van der Waals surface area contributed by atoms with E-state index in [1.807, 2.05) is 0 Å². The second kappa shape index (κ2) is 7.38. The van der Waals surface area contributed by atoms with E-state index in [1.165, 1.54) is 17.0 Å². The standard InChI is InChI=1S/C19H15F6NO2/c20-18(21,22)17(27)11-26-15-7-2-1-4-12(15)8-9-16(26)13-5-3-6-14(10-13)28-19(23,24)25/h1-10,16-17,27H,11H2. The Morgan fingerprint density at radius 3 is 2.39 bits per heavy atom. The lowest BCUT2D eigenvalue weighted by Gasteiger charge is -2.37. The monoisotopic (exact) mass is 403 g/mol. The van der Waals surface area contributed by atoms with Crippen LogP contribution in [0.25, 0.3) is 6.08 Å². The van der Waals surface area contributed by atoms with Gasteiger partial charge in [0.1, 0.15) is 5.75 Å². The van der Waals surface area contributed by atoms with Gasteiger partial charge in [0.2, 0.25) is 0 Å². The van der Waals surface area contributed by atoms with Crippen molar-refractivity contribution in [1.29, 1.82) is 0 Å². The lowest BCUT2D eigenvalue weighted by atomic mass is 9.96. The van der Waals surface area contributed by atoms with E-state index in [9.17, 15) is 31.4 Å². The van der Waals surface area contributed by atoms with Gasteiger partial charge in [0.15, 0.2) is 6.10 Å². The van der Waals surface area contributed by atoms with Gasteiger partial charge in [-0.3, -0.25) is 0 Å². The summed E-state index contributed by atoms with van der Waals surface area (Å²) in [5.74, 6) is -0.478. The summed E-state index contributed by atoms with van der Waals surface area (Å²) in [6, 6.07) is 10.8. The maximum absolute atomic E-state index is 12.9. The normalized spacial score (nSPS) is 18.0. The van der Waals surface area contributed by atoms with Crippen LogP contribution in [0.15, 0.2) is 54.6 Å². The third kappa shape index (κ3) is 4.59. The molecule has 3 nitrogen and oxygen atoms in total. The number of rotatable bonds is 4. The van der Waals surface area contributed by atoms with Gasteiger partial charge in [-0.05, 0) is 29.3 Å². The summed E-state index contributed by atoms with van der Waals surface area (Å²) < 4.78 is 80.1. The molecular formula is C19H15F6NO2. The minimum atomic E-state index is -4.89. The van der Waals surface area contributed by atoms with E-state index in [2.05, 4.69) is 4.74 Å². The Kier molecular flexibility index (Phi) is 5.29. The first-order valence-corrected chi connectivity index (χ1v) is 8.19. The third-order valence-electron chi connectivity index (χ3n) is 4.22. The van der Waals surface area contributed by atoms with Gasteiger partial charge in [-0.1, -0.05) is 42.5 Å². The molecule has 2 aromatic rings. The first-order valence-electron chi connectivity index (χ1n) is 8.19. The van der Waals surface area contributed by atoms with Crippen LogP contribution in [-0.4, -0.2) is 30.3 Å². The molecule has 0 saturated heterocycles. The summed E-state index contributed by atoms with van der Waals surface area (Å²) in [6.07, 6.45) is -9.10. The summed E-state index contributed by atoms with van der Waals surface area (Å²) >= 11 is 0. The molecule has 28 heavy (non-hydrogen) atoms. The van der Waals surface area contributed by atoms with Crippen LogP contribution < -0.4 is 9.64 Å². The van der Waals surface area contributed by atoms with Crippen molar-refractivity contribution in [2.45, 2.75) is 24.7 Å². The number of anilines is 1. The SMILES string of the molecule is OC(CN1c2ccccc2C=CC1c1cccc(OC(F)(F)F)c1)C(F)(F)F. The number of alkyl halides is 6. The molecule has 0 spiro atoms. The van der Waals surface area contributed by atoms with Crippen molar-refractivity contribution in [2.75, 3.05) is 11.4 Å². The fraction of sp³-hybridized carbons (Fsp3) is 0.263. The summed E-state index contributed by atoms with van der Waals surface area (Å²) in [5.41, 5.74) is 1.36. The molecule has 0 amide bonds. The zero-order chi connectivity index (χ0) is 20.5. The second-order valence-electron chi connectivity index (χ2n) is 6.19. The summed E-state index contributed by atoms with van der Waals surface area (Å²) in [5, 5.41) is 9.57. The highest BCUT2D eigenvalue weighted by atomic mass is 19.4. The number of halogens is 6. The molecule has 2 aromatic carbocycles. The van der Waals surface area contributed by atoms with Gasteiger partial charge in [0, 0.05) is 5.69 Å². The van der Waals surface area contributed by atoms with Crippen LogP contribution in [0.5, 0.6) is 5.75 Å². The average molecular weight is 403 g/mol. The number of fused-ring (bicyclic) bond motifs is 1. The molecule has 1 aliphatic heterocycles. The van der Waals surface area contributed by atoms with Gasteiger partial charge < -0.3 is 14.7 Å². The maximum Gasteiger partial charge on any atom is 0.573 e. The quantitative estimate of drug-likeness (QED) is 0.723. The highest BCUT2D eigenvalue weighted by molar-refractivity contribution is 5.73. The minimum absolute atomic E-state index is 0.293. The van der Waals surface area contributed by atoms with Crippen molar-refractivity contribution in [2.24, 2.45) is 0 Å². The van der Waals surface area contributed by atoms with Crippen LogP contribution in [0.2, 0.25) is 0 Å². The lowest BCUT2D eigenvalue weighted by Crippen LogP contribution is -2.43. The fourth-order valence-electron chi connectivity index (χ4n) is 3.03. The molecule has 0 bridgehead atoms. The van der Waals surface area contributed by atoms with E-state index in [1.54, 1.807) is 36.4 Å². The van der Waals surface area contributed by atoms with Crippen molar-refractivity contribution < 1.29 is 36.2 Å². The van der Waals surface area contributed by atoms with Gasteiger partial charge in [-0.15, -0.1) is 13.2 Å².